The van der Waals surface area contributed by atoms with E-state index in [1.54, 1.807) is 7.05 Å². The number of ether oxygens (including phenoxy) is 1. The van der Waals surface area contributed by atoms with E-state index < -0.39 is 41.5 Å². The highest BCUT2D eigenvalue weighted by atomic mass is 19.2. The topological polar surface area (TPSA) is 85.2 Å². The monoisotopic (exact) mass is 464 g/mol. The molecule has 3 rings (SSSR count). The van der Waals surface area contributed by atoms with E-state index in [2.05, 4.69) is 15.7 Å². The molecule has 0 spiro atoms. The average Bonchev–Trinajstić information content (AvgIpc) is 3.16. The third kappa shape index (κ3) is 5.30. The number of benzene rings is 2. The summed E-state index contributed by atoms with van der Waals surface area (Å²) in [6.07, 6.45) is 2.09. The average molecular weight is 464 g/mol. The molecule has 33 heavy (non-hydrogen) atoms. The fourth-order valence-electron chi connectivity index (χ4n) is 2.90. The van der Waals surface area contributed by atoms with E-state index in [9.17, 15) is 27.2 Å². The summed E-state index contributed by atoms with van der Waals surface area (Å²) in [4.78, 5) is 24.9. The van der Waals surface area contributed by atoms with Crippen LogP contribution in [0.3, 0.4) is 0 Å². The van der Waals surface area contributed by atoms with Crippen LogP contribution in [0.25, 0.3) is 0 Å². The van der Waals surface area contributed by atoms with Gasteiger partial charge in [-0.3, -0.25) is 14.3 Å². The van der Waals surface area contributed by atoms with Crippen molar-refractivity contribution < 1.29 is 31.9 Å². The normalized spacial score (nSPS) is 10.7. The molecular formula is C22H20F4N4O3. The van der Waals surface area contributed by atoms with Crippen LogP contribution < -0.4 is 15.4 Å². The Labute approximate surface area is 186 Å². The van der Waals surface area contributed by atoms with Crippen molar-refractivity contribution in [2.45, 2.75) is 20.0 Å². The maximum absolute atomic E-state index is 13.7. The molecule has 0 aliphatic carbocycles. The number of hydrogen-bond donors (Lipinski definition) is 2. The van der Waals surface area contributed by atoms with Crippen LogP contribution in [0.15, 0.2) is 36.5 Å². The Bertz CT molecular complexity index is 1150. The summed E-state index contributed by atoms with van der Waals surface area (Å²) in [6.45, 7) is 1.98. The van der Waals surface area contributed by atoms with Gasteiger partial charge in [-0.15, -0.1) is 0 Å². The number of nitrogens with one attached hydrogen (secondary N) is 2. The van der Waals surface area contributed by atoms with Gasteiger partial charge in [0.25, 0.3) is 11.8 Å². The van der Waals surface area contributed by atoms with Crippen LogP contribution in [0, 0.1) is 23.3 Å². The SMILES string of the molecule is CCCNC(=O)c1c(NC(=O)c2ccc(COc3c(F)c(F)cc(F)c3F)cc2)cnn1C. The Kier molecular flexibility index (Phi) is 7.31. The van der Waals surface area contributed by atoms with E-state index in [0.29, 0.717) is 12.1 Å². The quantitative estimate of drug-likeness (QED) is 0.391. The molecule has 2 amide bonds. The lowest BCUT2D eigenvalue weighted by molar-refractivity contribution is 0.0945. The van der Waals surface area contributed by atoms with Crippen molar-refractivity contribution in [2.75, 3.05) is 11.9 Å². The molecule has 0 bridgehead atoms. The van der Waals surface area contributed by atoms with Gasteiger partial charge in [0.1, 0.15) is 12.3 Å². The number of amides is 2. The molecule has 0 unspecified atom stereocenters. The van der Waals surface area contributed by atoms with E-state index in [0.717, 1.165) is 6.42 Å². The molecule has 0 aliphatic rings. The second-order valence-electron chi connectivity index (χ2n) is 7.02. The molecule has 0 aliphatic heterocycles. The van der Waals surface area contributed by atoms with Crippen molar-refractivity contribution in [1.82, 2.24) is 15.1 Å². The summed E-state index contributed by atoms with van der Waals surface area (Å²) in [5.74, 6) is -8.50. The summed E-state index contributed by atoms with van der Waals surface area (Å²) >= 11 is 0. The first-order chi connectivity index (χ1) is 15.7. The molecule has 1 aromatic heterocycles. The van der Waals surface area contributed by atoms with Crippen LogP contribution in [-0.2, 0) is 13.7 Å². The molecular weight excluding hydrogens is 444 g/mol. The highest BCUT2D eigenvalue weighted by Gasteiger charge is 2.21. The molecule has 0 saturated carbocycles. The minimum atomic E-state index is -1.64. The predicted octanol–water partition coefficient (Wildman–Crippen LogP) is 3.95. The van der Waals surface area contributed by atoms with Crippen molar-refractivity contribution in [1.29, 1.82) is 0 Å². The predicted molar refractivity (Wildman–Crippen MR) is 111 cm³/mol. The molecule has 0 saturated heterocycles. The number of halogens is 4. The summed E-state index contributed by atoms with van der Waals surface area (Å²) in [5, 5.41) is 9.32. The number of aryl methyl sites for hydroxylation is 1. The lowest BCUT2D eigenvalue weighted by atomic mass is 10.1. The van der Waals surface area contributed by atoms with Crippen LogP contribution in [0.4, 0.5) is 23.2 Å². The summed E-state index contributed by atoms with van der Waals surface area (Å²) in [6, 6.07) is 5.81. The molecule has 0 atom stereocenters. The molecule has 0 fully saturated rings. The maximum Gasteiger partial charge on any atom is 0.271 e. The van der Waals surface area contributed by atoms with Crippen LogP contribution in [0.1, 0.15) is 39.8 Å². The Balaban J connectivity index is 1.68. The Morgan fingerprint density at radius 1 is 1.03 bits per heavy atom. The molecule has 3 aromatic rings. The van der Waals surface area contributed by atoms with Crippen molar-refractivity contribution >= 4 is 17.5 Å². The van der Waals surface area contributed by atoms with E-state index in [1.165, 1.54) is 35.1 Å². The van der Waals surface area contributed by atoms with Gasteiger partial charge in [-0.1, -0.05) is 19.1 Å². The maximum atomic E-state index is 13.7. The summed E-state index contributed by atoms with van der Waals surface area (Å²) < 4.78 is 60.2. The largest absolute Gasteiger partial charge is 0.483 e. The number of aromatic nitrogens is 2. The zero-order valence-corrected chi connectivity index (χ0v) is 17.7. The zero-order valence-electron chi connectivity index (χ0n) is 17.7. The number of nitrogens with zero attached hydrogens (tertiary/aromatic N) is 2. The summed E-state index contributed by atoms with van der Waals surface area (Å²) in [7, 11) is 1.57. The zero-order chi connectivity index (χ0) is 24.1. The first kappa shape index (κ1) is 23.8. The molecule has 2 aromatic carbocycles. The highest BCUT2D eigenvalue weighted by molar-refractivity contribution is 6.08. The van der Waals surface area contributed by atoms with Gasteiger partial charge < -0.3 is 15.4 Å². The molecule has 1 heterocycles. The van der Waals surface area contributed by atoms with E-state index in [4.69, 9.17) is 4.74 Å². The minimum absolute atomic E-state index is 0.0893. The highest BCUT2D eigenvalue weighted by Crippen LogP contribution is 2.27. The molecule has 7 nitrogen and oxygen atoms in total. The third-order valence-electron chi connectivity index (χ3n) is 4.61. The number of anilines is 1. The Hall–Kier alpha value is -3.89. The van der Waals surface area contributed by atoms with Gasteiger partial charge >= 0.3 is 0 Å². The number of rotatable bonds is 8. The smallest absolute Gasteiger partial charge is 0.271 e. The van der Waals surface area contributed by atoms with Crippen molar-refractivity contribution in [3.05, 3.63) is 76.6 Å². The van der Waals surface area contributed by atoms with Crippen molar-refractivity contribution in [2.24, 2.45) is 7.05 Å². The van der Waals surface area contributed by atoms with Gasteiger partial charge in [-0.2, -0.15) is 13.9 Å². The van der Waals surface area contributed by atoms with Crippen LogP contribution in [0.2, 0.25) is 0 Å². The van der Waals surface area contributed by atoms with Gasteiger partial charge in [0, 0.05) is 25.2 Å². The first-order valence-corrected chi connectivity index (χ1v) is 9.89. The summed E-state index contributed by atoms with van der Waals surface area (Å²) in [5.41, 5.74) is 1.02. The van der Waals surface area contributed by atoms with E-state index in [-0.39, 0.29) is 28.9 Å². The lowest BCUT2D eigenvalue weighted by Crippen LogP contribution is -2.27. The molecule has 174 valence electrons. The number of carbonyl (C=O) groups is 2. The van der Waals surface area contributed by atoms with Gasteiger partial charge in [-0.25, -0.2) is 8.78 Å². The molecule has 2 N–H and O–H groups in total. The lowest BCUT2D eigenvalue weighted by Gasteiger charge is -2.10. The third-order valence-corrected chi connectivity index (χ3v) is 4.61. The second kappa shape index (κ2) is 10.2. The fraction of sp³-hybridized carbons (Fsp3) is 0.227. The molecule has 0 radical (unpaired) electrons. The van der Waals surface area contributed by atoms with Crippen molar-refractivity contribution in [3.63, 3.8) is 0 Å². The van der Waals surface area contributed by atoms with Gasteiger partial charge in [-0.05, 0) is 24.1 Å². The van der Waals surface area contributed by atoms with Gasteiger partial charge in [0.2, 0.25) is 11.6 Å². The Morgan fingerprint density at radius 2 is 1.67 bits per heavy atom. The van der Waals surface area contributed by atoms with Gasteiger partial charge in [0.05, 0.1) is 11.9 Å². The standard InChI is InChI=1S/C22H20F4N4O3/c1-3-8-27-22(32)19-16(10-28-30(19)2)29-21(31)13-6-4-12(5-7-13)11-33-20-17(25)14(23)9-15(24)18(20)26/h4-7,9-10H,3,8,11H2,1-2H3,(H,27,32)(H,29,31). The first-order valence-electron chi connectivity index (χ1n) is 9.89. The van der Waals surface area contributed by atoms with E-state index >= 15 is 0 Å². The second-order valence-corrected chi connectivity index (χ2v) is 7.02. The van der Waals surface area contributed by atoms with Crippen molar-refractivity contribution in [3.8, 4) is 5.75 Å². The van der Waals surface area contributed by atoms with Crippen LogP contribution >= 0.6 is 0 Å². The minimum Gasteiger partial charge on any atom is -0.483 e. The number of hydrogen-bond acceptors (Lipinski definition) is 4. The van der Waals surface area contributed by atoms with Gasteiger partial charge in [0.15, 0.2) is 17.4 Å². The molecule has 11 heteroatoms. The van der Waals surface area contributed by atoms with Crippen LogP contribution in [0.5, 0.6) is 5.75 Å². The number of carbonyl (C=O) groups excluding carboxylic acids is 2. The van der Waals surface area contributed by atoms with Crippen LogP contribution in [-0.4, -0.2) is 28.1 Å². The fourth-order valence-corrected chi connectivity index (χ4v) is 2.90. The van der Waals surface area contributed by atoms with E-state index in [1.807, 2.05) is 6.92 Å². The Morgan fingerprint density at radius 3 is 2.27 bits per heavy atom.